The van der Waals surface area contributed by atoms with Crippen molar-refractivity contribution in [2.45, 2.75) is 0 Å². The molecule has 0 atom stereocenters. The van der Waals surface area contributed by atoms with Gasteiger partial charge in [-0.3, -0.25) is 9.59 Å². The number of rotatable bonds is 1. The summed E-state index contributed by atoms with van der Waals surface area (Å²) in [6.45, 7) is 0. The quantitative estimate of drug-likeness (QED) is 0.534. The van der Waals surface area contributed by atoms with Crippen molar-refractivity contribution >= 4 is 29.1 Å². The number of hydrogen-bond acceptors (Lipinski definition) is 6. The van der Waals surface area contributed by atoms with Crippen LogP contribution in [0.2, 0.25) is 5.02 Å². The molecule has 0 aliphatic heterocycles. The first-order chi connectivity index (χ1) is 10.7. The zero-order valence-electron chi connectivity index (χ0n) is 11.1. The van der Waals surface area contributed by atoms with E-state index in [4.69, 9.17) is 16.7 Å². The highest BCUT2D eigenvalue weighted by atomic mass is 35.5. The average Bonchev–Trinajstić information content (AvgIpc) is 2.49. The first-order valence-corrected chi connectivity index (χ1v) is 6.56. The zero-order valence-corrected chi connectivity index (χ0v) is 11.9. The molecule has 0 heterocycles. The van der Waals surface area contributed by atoms with Crippen molar-refractivity contribution in [1.29, 1.82) is 0 Å². The second-order valence-corrected chi connectivity index (χ2v) is 5.24. The van der Waals surface area contributed by atoms with Gasteiger partial charge in [0.05, 0.1) is 16.7 Å². The van der Waals surface area contributed by atoms with Gasteiger partial charge >= 0.3 is 5.97 Å². The first-order valence-electron chi connectivity index (χ1n) is 6.18. The van der Waals surface area contributed by atoms with E-state index < -0.39 is 50.9 Å². The predicted molar refractivity (Wildman–Crippen MR) is 76.7 cm³/mol. The lowest BCUT2D eigenvalue weighted by molar-refractivity contribution is 0.0695. The highest BCUT2D eigenvalue weighted by molar-refractivity contribution is 6.37. The van der Waals surface area contributed by atoms with E-state index in [0.717, 1.165) is 18.2 Å². The molecule has 1 aliphatic carbocycles. The average molecular weight is 335 g/mol. The first kappa shape index (κ1) is 14.9. The Bertz CT molecular complexity index is 930. The van der Waals surface area contributed by atoms with E-state index in [1.54, 1.807) is 0 Å². The molecule has 4 N–H and O–H groups in total. The van der Waals surface area contributed by atoms with Gasteiger partial charge in [-0.15, -0.1) is 0 Å². The molecule has 0 amide bonds. The molecule has 0 bridgehead atoms. The summed E-state index contributed by atoms with van der Waals surface area (Å²) >= 11 is 5.66. The summed E-state index contributed by atoms with van der Waals surface area (Å²) in [4.78, 5) is 36.0. The Morgan fingerprint density at radius 2 is 1.48 bits per heavy atom. The van der Waals surface area contributed by atoms with Crippen LogP contribution in [0.15, 0.2) is 18.2 Å². The summed E-state index contributed by atoms with van der Waals surface area (Å²) in [5, 5.41) is 37.9. The van der Waals surface area contributed by atoms with E-state index in [-0.39, 0.29) is 16.7 Å². The van der Waals surface area contributed by atoms with Crippen LogP contribution < -0.4 is 0 Å². The summed E-state index contributed by atoms with van der Waals surface area (Å²) in [5.41, 5.74) is -1.92. The number of aromatic hydroxyl groups is 3. The highest BCUT2D eigenvalue weighted by Crippen LogP contribution is 2.43. The minimum absolute atomic E-state index is 0.330. The van der Waals surface area contributed by atoms with E-state index in [1.165, 1.54) is 0 Å². The third-order valence-electron chi connectivity index (χ3n) is 3.53. The number of phenolic OH excluding ortho intramolecular Hbond substituents is 3. The van der Waals surface area contributed by atoms with Gasteiger partial charge in [-0.2, -0.15) is 0 Å². The molecule has 0 saturated heterocycles. The summed E-state index contributed by atoms with van der Waals surface area (Å²) in [7, 11) is 0. The molecule has 116 valence electrons. The maximum Gasteiger partial charge on any atom is 0.335 e. The van der Waals surface area contributed by atoms with Crippen LogP contribution in [0.1, 0.15) is 42.2 Å². The minimum Gasteiger partial charge on any atom is -0.507 e. The Kier molecular flexibility index (Phi) is 3.05. The van der Waals surface area contributed by atoms with E-state index in [1.807, 2.05) is 0 Å². The highest BCUT2D eigenvalue weighted by Gasteiger charge is 2.36. The molecule has 2 aromatic carbocycles. The second-order valence-electron chi connectivity index (χ2n) is 4.86. The number of carboxylic acids is 1. The van der Waals surface area contributed by atoms with Gasteiger partial charge in [-0.25, -0.2) is 4.79 Å². The van der Waals surface area contributed by atoms with Crippen LogP contribution in [0.5, 0.6) is 17.2 Å². The number of carboxylic acid groups (broad SMARTS) is 1. The second kappa shape index (κ2) is 4.72. The number of carbonyl (C=O) groups excluding carboxylic acids is 2. The molecule has 23 heavy (non-hydrogen) atoms. The van der Waals surface area contributed by atoms with Crippen LogP contribution in [-0.4, -0.2) is 38.0 Å². The van der Waals surface area contributed by atoms with Gasteiger partial charge in [0.1, 0.15) is 22.3 Å². The number of carbonyl (C=O) groups is 3. The molecule has 0 aromatic heterocycles. The lowest BCUT2D eigenvalue weighted by Crippen LogP contribution is -2.22. The van der Waals surface area contributed by atoms with Crippen molar-refractivity contribution in [3.8, 4) is 17.2 Å². The lowest BCUT2D eigenvalue weighted by Gasteiger charge is -2.20. The van der Waals surface area contributed by atoms with Gasteiger partial charge < -0.3 is 20.4 Å². The Balaban J connectivity index is 2.38. The molecule has 8 heteroatoms. The van der Waals surface area contributed by atoms with E-state index >= 15 is 0 Å². The Morgan fingerprint density at radius 1 is 0.870 bits per heavy atom. The van der Waals surface area contributed by atoms with Crippen LogP contribution >= 0.6 is 11.6 Å². The van der Waals surface area contributed by atoms with Crippen LogP contribution in [-0.2, 0) is 0 Å². The van der Waals surface area contributed by atoms with Crippen molar-refractivity contribution in [1.82, 2.24) is 0 Å². The zero-order chi connectivity index (χ0) is 17.0. The van der Waals surface area contributed by atoms with Crippen LogP contribution in [0.25, 0.3) is 0 Å². The number of hydrogen-bond donors (Lipinski definition) is 4. The van der Waals surface area contributed by atoms with Gasteiger partial charge in [-0.05, 0) is 18.2 Å². The largest absolute Gasteiger partial charge is 0.507 e. The number of fused-ring (bicyclic) bond motifs is 2. The summed E-state index contributed by atoms with van der Waals surface area (Å²) in [6.07, 6.45) is 0. The molecule has 0 radical (unpaired) electrons. The Hall–Kier alpha value is -3.06. The number of benzene rings is 2. The van der Waals surface area contributed by atoms with Crippen LogP contribution in [0, 0.1) is 0 Å². The minimum atomic E-state index is -1.39. The standard InChI is InChI=1S/C15H7ClO7/c16-11-8(18)3-6-10(14(11)21)13(20)9-5(12(6)19)1-4(15(22)23)2-7(9)17/h1-3,17-18,21H,(H,22,23). The fraction of sp³-hybridized carbons (Fsp3) is 0. The number of ketones is 2. The summed E-state index contributed by atoms with van der Waals surface area (Å²) < 4.78 is 0. The molecular weight excluding hydrogens is 328 g/mol. The van der Waals surface area contributed by atoms with Crippen molar-refractivity contribution in [3.05, 3.63) is 51.0 Å². The van der Waals surface area contributed by atoms with Gasteiger partial charge in [0.25, 0.3) is 0 Å². The predicted octanol–water partition coefficient (Wildman–Crippen LogP) is 1.93. The van der Waals surface area contributed by atoms with Crippen LogP contribution in [0.4, 0.5) is 0 Å². The molecule has 0 spiro atoms. The lowest BCUT2D eigenvalue weighted by atomic mass is 9.82. The molecule has 7 nitrogen and oxygen atoms in total. The summed E-state index contributed by atoms with van der Waals surface area (Å²) in [6, 6.07) is 2.69. The maximum atomic E-state index is 12.5. The third kappa shape index (κ3) is 1.94. The van der Waals surface area contributed by atoms with Gasteiger partial charge in [0.15, 0.2) is 5.78 Å². The fourth-order valence-corrected chi connectivity index (χ4v) is 2.63. The molecule has 0 saturated carbocycles. The van der Waals surface area contributed by atoms with Crippen molar-refractivity contribution in [2.75, 3.05) is 0 Å². The molecule has 2 aromatic rings. The molecule has 3 rings (SSSR count). The molecule has 1 aliphatic rings. The van der Waals surface area contributed by atoms with Gasteiger partial charge in [0.2, 0.25) is 5.78 Å². The van der Waals surface area contributed by atoms with Crippen molar-refractivity contribution < 1.29 is 34.8 Å². The third-order valence-corrected chi connectivity index (χ3v) is 3.90. The monoisotopic (exact) mass is 334 g/mol. The topological polar surface area (TPSA) is 132 Å². The van der Waals surface area contributed by atoms with E-state index in [0.29, 0.717) is 0 Å². The smallest absolute Gasteiger partial charge is 0.335 e. The number of aromatic carboxylic acids is 1. The normalized spacial score (nSPS) is 12.7. The van der Waals surface area contributed by atoms with Crippen molar-refractivity contribution in [2.24, 2.45) is 0 Å². The molecule has 0 unspecified atom stereocenters. The van der Waals surface area contributed by atoms with E-state index in [9.17, 15) is 29.7 Å². The molecular formula is C15H7ClO7. The SMILES string of the molecule is O=C(O)c1cc(O)c2c(c1)C(=O)c1cc(O)c(Cl)c(O)c1C2=O. The van der Waals surface area contributed by atoms with Crippen molar-refractivity contribution in [3.63, 3.8) is 0 Å². The number of halogens is 1. The van der Waals surface area contributed by atoms with E-state index in [2.05, 4.69) is 0 Å². The molecule has 0 fully saturated rings. The Morgan fingerprint density at radius 3 is 2.09 bits per heavy atom. The summed E-state index contributed by atoms with van der Waals surface area (Å²) in [5.74, 6) is -5.21. The number of phenols is 3. The maximum absolute atomic E-state index is 12.5. The Labute approximate surface area is 133 Å². The van der Waals surface area contributed by atoms with Gasteiger partial charge in [0, 0.05) is 11.1 Å². The van der Waals surface area contributed by atoms with Gasteiger partial charge in [-0.1, -0.05) is 11.6 Å². The van der Waals surface area contributed by atoms with Crippen LogP contribution in [0.3, 0.4) is 0 Å². The fourth-order valence-electron chi connectivity index (χ4n) is 2.48.